The lowest BCUT2D eigenvalue weighted by atomic mass is 9.85. The maximum atomic E-state index is 15.6. The standard InChI is InChI=1S/C27H23ClF4N2O3/c1-26(9-10-26)34-13-27(14-5-3-2-4-6-14)12-16-19(37-27)11-17(29)22(28)20(16)21-15(24(33)35)7-8-18(23(21)30)36-25(31)32/h2-8,11,25,34H,9-10,12-13H2,1H3,(H2,33,35)/t27-/m1/s1. The number of hydrogen-bond donors (Lipinski definition) is 2. The second-order valence-corrected chi connectivity index (χ2v) is 10.00. The summed E-state index contributed by atoms with van der Waals surface area (Å²) in [6.45, 7) is -0.904. The molecule has 1 amide bonds. The number of amides is 1. The molecule has 3 aromatic carbocycles. The van der Waals surface area contributed by atoms with Crippen LogP contribution in [0.15, 0.2) is 48.5 Å². The second-order valence-electron chi connectivity index (χ2n) is 9.62. The van der Waals surface area contributed by atoms with Crippen LogP contribution in [0.25, 0.3) is 11.1 Å². The van der Waals surface area contributed by atoms with Crippen LogP contribution >= 0.6 is 11.6 Å². The number of carbonyl (C=O) groups excluding carboxylic acids is 1. The van der Waals surface area contributed by atoms with Crippen molar-refractivity contribution >= 4 is 17.5 Å². The van der Waals surface area contributed by atoms with Crippen LogP contribution in [0.2, 0.25) is 5.02 Å². The van der Waals surface area contributed by atoms with E-state index in [9.17, 15) is 13.6 Å². The summed E-state index contributed by atoms with van der Waals surface area (Å²) in [6.07, 6.45) is 2.10. The predicted molar refractivity (Wildman–Crippen MR) is 130 cm³/mol. The fraction of sp³-hybridized carbons (Fsp3) is 0.296. The highest BCUT2D eigenvalue weighted by molar-refractivity contribution is 6.34. The first-order valence-electron chi connectivity index (χ1n) is 11.6. The molecule has 1 aliphatic heterocycles. The average Bonchev–Trinajstić information content (AvgIpc) is 3.48. The van der Waals surface area contributed by atoms with Crippen molar-refractivity contribution in [2.75, 3.05) is 6.54 Å². The number of alkyl halides is 2. The lowest BCUT2D eigenvalue weighted by Gasteiger charge is -2.31. The zero-order valence-electron chi connectivity index (χ0n) is 19.7. The Morgan fingerprint density at radius 3 is 2.49 bits per heavy atom. The summed E-state index contributed by atoms with van der Waals surface area (Å²) in [6, 6.07) is 12.3. The SMILES string of the molecule is CC1(NC[C@@]2(c3ccccc3)Cc3c(cc(F)c(Cl)c3-c3c(C(N)=O)ccc(OC(F)F)c3F)O2)CC1. The maximum absolute atomic E-state index is 15.6. The molecule has 3 aromatic rings. The van der Waals surface area contributed by atoms with E-state index in [0.717, 1.165) is 36.6 Å². The van der Waals surface area contributed by atoms with Gasteiger partial charge >= 0.3 is 6.61 Å². The van der Waals surface area contributed by atoms with Crippen LogP contribution in [0, 0.1) is 11.6 Å². The number of nitrogens with one attached hydrogen (secondary N) is 1. The first-order valence-corrected chi connectivity index (χ1v) is 12.0. The van der Waals surface area contributed by atoms with Crippen molar-refractivity contribution in [3.8, 4) is 22.6 Å². The molecule has 0 unspecified atom stereocenters. The molecule has 2 aliphatic rings. The van der Waals surface area contributed by atoms with Crippen LogP contribution in [0.1, 0.15) is 41.3 Å². The van der Waals surface area contributed by atoms with Crippen molar-refractivity contribution in [1.29, 1.82) is 0 Å². The minimum atomic E-state index is -3.33. The van der Waals surface area contributed by atoms with Crippen LogP contribution in [0.3, 0.4) is 0 Å². The Morgan fingerprint density at radius 1 is 1.16 bits per heavy atom. The predicted octanol–water partition coefficient (Wildman–Crippen LogP) is 5.96. The Morgan fingerprint density at radius 2 is 1.86 bits per heavy atom. The largest absolute Gasteiger partial charge is 0.480 e. The Labute approximate surface area is 215 Å². The number of hydrogen-bond acceptors (Lipinski definition) is 4. The molecule has 194 valence electrons. The highest BCUT2D eigenvalue weighted by Crippen LogP contribution is 2.51. The average molecular weight is 535 g/mol. The lowest BCUT2D eigenvalue weighted by Crippen LogP contribution is -2.45. The molecule has 3 N–H and O–H groups in total. The van der Waals surface area contributed by atoms with Crippen LogP contribution < -0.4 is 20.5 Å². The van der Waals surface area contributed by atoms with E-state index >= 15 is 8.78 Å². The van der Waals surface area contributed by atoms with Crippen LogP contribution in [-0.4, -0.2) is 24.6 Å². The molecule has 0 radical (unpaired) electrons. The third-order valence-corrected chi connectivity index (χ3v) is 7.36. The first kappa shape index (κ1) is 25.4. The van der Waals surface area contributed by atoms with Gasteiger partial charge in [-0.2, -0.15) is 8.78 Å². The van der Waals surface area contributed by atoms with E-state index in [2.05, 4.69) is 17.0 Å². The number of ether oxygens (including phenoxy) is 2. The quantitative estimate of drug-likeness (QED) is 0.350. The van der Waals surface area contributed by atoms with Gasteiger partial charge in [-0.1, -0.05) is 41.9 Å². The van der Waals surface area contributed by atoms with Crippen molar-refractivity contribution in [2.24, 2.45) is 5.73 Å². The van der Waals surface area contributed by atoms with E-state index in [1.165, 1.54) is 0 Å². The summed E-state index contributed by atoms with van der Waals surface area (Å²) in [5.74, 6) is -4.04. The molecular formula is C27H23ClF4N2O3. The van der Waals surface area contributed by atoms with Crippen molar-refractivity contribution < 1.29 is 31.8 Å². The van der Waals surface area contributed by atoms with Gasteiger partial charge in [-0.05, 0) is 37.5 Å². The van der Waals surface area contributed by atoms with Crippen molar-refractivity contribution in [3.05, 3.63) is 81.9 Å². The summed E-state index contributed by atoms with van der Waals surface area (Å²) >= 11 is 6.36. The number of benzene rings is 3. The number of fused-ring (bicyclic) bond motifs is 1. The van der Waals surface area contributed by atoms with Gasteiger partial charge in [0.2, 0.25) is 5.91 Å². The maximum Gasteiger partial charge on any atom is 0.387 e. The van der Waals surface area contributed by atoms with Gasteiger partial charge in [0.05, 0.1) is 10.6 Å². The van der Waals surface area contributed by atoms with Gasteiger partial charge in [0.25, 0.3) is 0 Å². The zero-order chi connectivity index (χ0) is 26.5. The van der Waals surface area contributed by atoms with Gasteiger partial charge in [0.15, 0.2) is 17.2 Å². The number of carbonyl (C=O) groups is 1. The molecule has 1 aliphatic carbocycles. The Bertz CT molecular complexity index is 1380. The molecule has 0 aromatic heterocycles. The van der Waals surface area contributed by atoms with Gasteiger partial charge in [-0.3, -0.25) is 4.79 Å². The van der Waals surface area contributed by atoms with Crippen molar-refractivity contribution in [3.63, 3.8) is 0 Å². The smallest absolute Gasteiger partial charge is 0.387 e. The molecule has 0 spiro atoms. The highest BCUT2D eigenvalue weighted by atomic mass is 35.5. The molecule has 1 heterocycles. The zero-order valence-corrected chi connectivity index (χ0v) is 20.5. The van der Waals surface area contributed by atoms with Crippen LogP contribution in [0.4, 0.5) is 17.6 Å². The molecule has 1 fully saturated rings. The monoisotopic (exact) mass is 534 g/mol. The highest BCUT2D eigenvalue weighted by Gasteiger charge is 2.47. The van der Waals surface area contributed by atoms with Gasteiger partial charge in [0.1, 0.15) is 11.6 Å². The van der Waals surface area contributed by atoms with Crippen molar-refractivity contribution in [2.45, 2.75) is 43.9 Å². The van der Waals surface area contributed by atoms with E-state index in [4.69, 9.17) is 22.1 Å². The lowest BCUT2D eigenvalue weighted by molar-refractivity contribution is -0.0521. The molecule has 0 saturated heterocycles. The molecule has 5 nitrogen and oxygen atoms in total. The number of primary amides is 1. The molecule has 5 rings (SSSR count). The fourth-order valence-electron chi connectivity index (χ4n) is 4.72. The van der Waals surface area contributed by atoms with Crippen LogP contribution in [0.5, 0.6) is 11.5 Å². The number of halogens is 5. The molecule has 37 heavy (non-hydrogen) atoms. The molecule has 1 saturated carbocycles. The molecular weight excluding hydrogens is 512 g/mol. The third kappa shape index (κ3) is 4.62. The summed E-state index contributed by atoms with van der Waals surface area (Å²) in [4.78, 5) is 12.2. The minimum Gasteiger partial charge on any atom is -0.480 e. The van der Waals surface area contributed by atoms with Gasteiger partial charge < -0.3 is 20.5 Å². The molecule has 10 heteroatoms. The van der Waals surface area contributed by atoms with E-state index in [0.29, 0.717) is 12.1 Å². The summed E-state index contributed by atoms with van der Waals surface area (Å²) in [7, 11) is 0. The number of nitrogens with two attached hydrogens (primary N) is 1. The topological polar surface area (TPSA) is 73.6 Å². The summed E-state index contributed by atoms with van der Waals surface area (Å²) in [5, 5.41) is 3.01. The van der Waals surface area contributed by atoms with E-state index in [1.807, 2.05) is 30.3 Å². The van der Waals surface area contributed by atoms with Gasteiger partial charge in [0, 0.05) is 41.3 Å². The second kappa shape index (κ2) is 9.22. The third-order valence-electron chi connectivity index (χ3n) is 6.99. The normalized spacial score (nSPS) is 19.4. The number of rotatable bonds is 8. The summed E-state index contributed by atoms with van der Waals surface area (Å²) in [5.41, 5.74) is 4.42. The Kier molecular flexibility index (Phi) is 6.32. The molecule has 1 atom stereocenters. The molecule has 0 bridgehead atoms. The minimum absolute atomic E-state index is 0.0577. The Balaban J connectivity index is 1.70. The first-order chi connectivity index (χ1) is 17.5. The summed E-state index contributed by atoms with van der Waals surface area (Å²) < 4.78 is 67.3. The fourth-order valence-corrected chi connectivity index (χ4v) is 4.98. The van der Waals surface area contributed by atoms with Crippen molar-refractivity contribution in [1.82, 2.24) is 5.32 Å². The van der Waals surface area contributed by atoms with E-state index in [1.54, 1.807) is 0 Å². The van der Waals surface area contributed by atoms with E-state index < -0.39 is 46.1 Å². The Hall–Kier alpha value is -3.30. The van der Waals surface area contributed by atoms with Crippen LogP contribution in [-0.2, 0) is 12.0 Å². The van der Waals surface area contributed by atoms with Gasteiger partial charge in [-0.15, -0.1) is 0 Å². The van der Waals surface area contributed by atoms with Gasteiger partial charge in [-0.25, -0.2) is 8.78 Å². The van der Waals surface area contributed by atoms with E-state index in [-0.39, 0.29) is 28.8 Å².